The van der Waals surface area contributed by atoms with Gasteiger partial charge in [-0.15, -0.1) is 0 Å². The number of fused-ring (bicyclic) bond motifs is 1. The maximum Gasteiger partial charge on any atom is 0.279 e. The van der Waals surface area contributed by atoms with Crippen LogP contribution in [-0.4, -0.2) is 33.1 Å². The maximum absolute atomic E-state index is 13.1. The molecule has 34 heavy (non-hydrogen) atoms. The van der Waals surface area contributed by atoms with Crippen molar-refractivity contribution in [2.75, 3.05) is 7.11 Å². The van der Waals surface area contributed by atoms with Crippen molar-refractivity contribution in [3.63, 3.8) is 0 Å². The van der Waals surface area contributed by atoms with Crippen LogP contribution >= 0.6 is 0 Å². The van der Waals surface area contributed by atoms with Gasteiger partial charge in [-0.3, -0.25) is 4.79 Å². The van der Waals surface area contributed by atoms with Crippen LogP contribution in [0.1, 0.15) is 13.8 Å². The van der Waals surface area contributed by atoms with Gasteiger partial charge in [-0.1, -0.05) is 41.6 Å². The van der Waals surface area contributed by atoms with Crippen LogP contribution in [0.5, 0.6) is 11.5 Å². The molecule has 8 heteroatoms. The lowest BCUT2D eigenvalue weighted by atomic mass is 10.1. The first-order valence-electron chi connectivity index (χ1n) is 10.8. The lowest BCUT2D eigenvalue weighted by Gasteiger charge is -2.13. The molecule has 0 bridgehead atoms. The lowest BCUT2D eigenvalue weighted by Crippen LogP contribution is -2.22. The molecule has 0 amide bonds. The Morgan fingerprint density at radius 1 is 0.912 bits per heavy atom. The fourth-order valence-electron chi connectivity index (χ4n) is 3.69. The topological polar surface area (TPSA) is 92.3 Å². The molecule has 0 spiro atoms. The SMILES string of the molecule is COc1cc(-c2noc(-c3nn(-c4ccccc4)c(=O)c4ccccc34)n2)ccc1OC(C)C. The van der Waals surface area contributed by atoms with E-state index in [1.807, 2.05) is 74.5 Å². The maximum atomic E-state index is 13.1. The summed E-state index contributed by atoms with van der Waals surface area (Å²) in [6.07, 6.45) is 0.0104. The van der Waals surface area contributed by atoms with Gasteiger partial charge in [-0.05, 0) is 50.2 Å². The van der Waals surface area contributed by atoms with E-state index < -0.39 is 0 Å². The molecular formula is C26H22N4O4. The zero-order chi connectivity index (χ0) is 23.7. The summed E-state index contributed by atoms with van der Waals surface area (Å²) in [6, 6.07) is 21.9. The van der Waals surface area contributed by atoms with Crippen LogP contribution in [0.4, 0.5) is 0 Å². The minimum Gasteiger partial charge on any atom is -0.493 e. The zero-order valence-corrected chi connectivity index (χ0v) is 18.9. The van der Waals surface area contributed by atoms with Crippen molar-refractivity contribution in [2.24, 2.45) is 0 Å². The van der Waals surface area contributed by atoms with Crippen LogP contribution in [-0.2, 0) is 0 Å². The van der Waals surface area contributed by atoms with Crippen LogP contribution in [0.25, 0.3) is 39.4 Å². The molecule has 5 aromatic rings. The smallest absolute Gasteiger partial charge is 0.279 e. The van der Waals surface area contributed by atoms with Gasteiger partial charge in [0, 0.05) is 10.9 Å². The Labute approximate surface area is 195 Å². The largest absolute Gasteiger partial charge is 0.493 e. The van der Waals surface area contributed by atoms with Gasteiger partial charge in [0.1, 0.15) is 0 Å². The number of methoxy groups -OCH3 is 1. The van der Waals surface area contributed by atoms with E-state index in [0.29, 0.717) is 45.0 Å². The molecule has 2 aromatic heterocycles. The van der Waals surface area contributed by atoms with Crippen LogP contribution in [0.3, 0.4) is 0 Å². The summed E-state index contributed by atoms with van der Waals surface area (Å²) < 4.78 is 18.2. The van der Waals surface area contributed by atoms with E-state index in [2.05, 4.69) is 15.2 Å². The number of hydrogen-bond acceptors (Lipinski definition) is 7. The second kappa shape index (κ2) is 8.82. The average molecular weight is 454 g/mol. The molecule has 2 heterocycles. The van der Waals surface area contributed by atoms with Crippen LogP contribution in [0.2, 0.25) is 0 Å². The minimum atomic E-state index is -0.226. The average Bonchev–Trinajstić information content (AvgIpc) is 3.35. The van der Waals surface area contributed by atoms with Crippen molar-refractivity contribution in [1.29, 1.82) is 0 Å². The van der Waals surface area contributed by atoms with Crippen molar-refractivity contribution in [3.8, 4) is 40.2 Å². The molecule has 0 atom stereocenters. The van der Waals surface area contributed by atoms with E-state index in [1.54, 1.807) is 19.2 Å². The fourth-order valence-corrected chi connectivity index (χ4v) is 3.69. The molecule has 0 unspecified atom stereocenters. The Morgan fingerprint density at radius 3 is 2.38 bits per heavy atom. The molecule has 0 saturated heterocycles. The van der Waals surface area contributed by atoms with Gasteiger partial charge < -0.3 is 14.0 Å². The number of hydrogen-bond donors (Lipinski definition) is 0. The molecule has 3 aromatic carbocycles. The molecule has 0 radical (unpaired) electrons. The third-order valence-corrected chi connectivity index (χ3v) is 5.22. The van der Waals surface area contributed by atoms with Gasteiger partial charge >= 0.3 is 0 Å². The minimum absolute atomic E-state index is 0.0104. The normalized spacial score (nSPS) is 11.2. The summed E-state index contributed by atoms with van der Waals surface area (Å²) in [5.74, 6) is 1.77. The van der Waals surface area contributed by atoms with Crippen molar-refractivity contribution in [2.45, 2.75) is 20.0 Å². The lowest BCUT2D eigenvalue weighted by molar-refractivity contribution is 0.230. The molecule has 0 saturated carbocycles. The molecule has 8 nitrogen and oxygen atoms in total. The van der Waals surface area contributed by atoms with E-state index in [9.17, 15) is 4.79 Å². The van der Waals surface area contributed by atoms with E-state index >= 15 is 0 Å². The molecule has 0 aliphatic carbocycles. The van der Waals surface area contributed by atoms with Gasteiger partial charge in [-0.25, -0.2) is 0 Å². The van der Waals surface area contributed by atoms with Crippen LogP contribution in [0.15, 0.2) is 82.1 Å². The monoisotopic (exact) mass is 454 g/mol. The molecule has 0 aliphatic rings. The second-order valence-corrected chi connectivity index (χ2v) is 7.90. The fraction of sp³-hybridized carbons (Fsp3) is 0.154. The summed E-state index contributed by atoms with van der Waals surface area (Å²) in [7, 11) is 1.58. The van der Waals surface area contributed by atoms with Gasteiger partial charge in [0.05, 0.1) is 24.3 Å². The van der Waals surface area contributed by atoms with Gasteiger partial charge in [-0.2, -0.15) is 14.8 Å². The first-order valence-corrected chi connectivity index (χ1v) is 10.8. The van der Waals surface area contributed by atoms with Crippen molar-refractivity contribution < 1.29 is 14.0 Å². The Hall–Kier alpha value is -4.46. The highest BCUT2D eigenvalue weighted by atomic mass is 16.5. The van der Waals surface area contributed by atoms with E-state index in [-0.39, 0.29) is 17.6 Å². The number of nitrogens with zero attached hydrogens (tertiary/aromatic N) is 4. The zero-order valence-electron chi connectivity index (χ0n) is 18.9. The van der Waals surface area contributed by atoms with E-state index in [4.69, 9.17) is 14.0 Å². The highest BCUT2D eigenvalue weighted by Crippen LogP contribution is 2.33. The first-order chi connectivity index (χ1) is 16.5. The quantitative estimate of drug-likeness (QED) is 0.360. The highest BCUT2D eigenvalue weighted by Gasteiger charge is 2.20. The van der Waals surface area contributed by atoms with Crippen LogP contribution < -0.4 is 15.0 Å². The van der Waals surface area contributed by atoms with Crippen molar-refractivity contribution >= 4 is 10.8 Å². The number of aromatic nitrogens is 4. The summed E-state index contributed by atoms with van der Waals surface area (Å²) in [4.78, 5) is 17.7. The Bertz CT molecular complexity index is 1520. The number of ether oxygens (including phenoxy) is 2. The molecule has 0 aliphatic heterocycles. The van der Waals surface area contributed by atoms with E-state index in [1.165, 1.54) is 4.68 Å². The Balaban J connectivity index is 1.62. The number of para-hydroxylation sites is 1. The summed E-state index contributed by atoms with van der Waals surface area (Å²) >= 11 is 0. The van der Waals surface area contributed by atoms with Crippen molar-refractivity contribution in [1.82, 2.24) is 19.9 Å². The predicted octanol–water partition coefficient (Wildman–Crippen LogP) is 4.90. The summed E-state index contributed by atoms with van der Waals surface area (Å²) in [6.45, 7) is 3.90. The predicted molar refractivity (Wildman–Crippen MR) is 128 cm³/mol. The van der Waals surface area contributed by atoms with E-state index in [0.717, 1.165) is 0 Å². The Kier molecular flexibility index (Phi) is 5.55. The first kappa shape index (κ1) is 21.4. The highest BCUT2D eigenvalue weighted by molar-refractivity contribution is 5.92. The Morgan fingerprint density at radius 2 is 1.65 bits per heavy atom. The standard InChI is InChI=1S/C26H22N4O4/c1-16(2)33-21-14-13-17(15-22(21)32-3)24-27-25(34-29-24)23-19-11-7-8-12-20(19)26(31)30(28-23)18-9-5-4-6-10-18/h4-16H,1-3H3. The van der Waals surface area contributed by atoms with Gasteiger partial charge in [0.15, 0.2) is 17.2 Å². The van der Waals surface area contributed by atoms with Crippen LogP contribution in [0, 0.1) is 0 Å². The van der Waals surface area contributed by atoms with Gasteiger partial charge in [0.2, 0.25) is 5.82 Å². The molecule has 0 fully saturated rings. The third-order valence-electron chi connectivity index (χ3n) is 5.22. The molecule has 5 rings (SSSR count). The summed E-state index contributed by atoms with van der Waals surface area (Å²) in [5, 5.41) is 9.88. The van der Waals surface area contributed by atoms with Crippen molar-refractivity contribution in [3.05, 3.63) is 83.2 Å². The second-order valence-electron chi connectivity index (χ2n) is 7.90. The number of benzene rings is 3. The number of rotatable bonds is 6. The van der Waals surface area contributed by atoms with Gasteiger partial charge in [0.25, 0.3) is 11.4 Å². The third kappa shape index (κ3) is 3.90. The molecule has 170 valence electrons. The molecular weight excluding hydrogens is 432 g/mol. The summed E-state index contributed by atoms with van der Waals surface area (Å²) in [5.41, 5.74) is 1.54. The molecule has 0 N–H and O–H groups in total.